The first kappa shape index (κ1) is 15.9. The lowest BCUT2D eigenvalue weighted by atomic mass is 9.67. The van der Waals surface area contributed by atoms with E-state index in [9.17, 15) is 9.59 Å². The van der Waals surface area contributed by atoms with Gasteiger partial charge in [0.1, 0.15) is 12.4 Å². The van der Waals surface area contributed by atoms with Crippen LogP contribution in [0.25, 0.3) is 0 Å². The molecule has 1 aromatic rings. The van der Waals surface area contributed by atoms with Crippen LogP contribution in [-0.2, 0) is 20.9 Å². The molecule has 0 saturated heterocycles. The smallest absolute Gasteiger partial charge is 0.309 e. The fourth-order valence-corrected chi connectivity index (χ4v) is 4.45. The largest absolute Gasteiger partial charge is 0.461 e. The average Bonchev–Trinajstić information content (AvgIpc) is 2.99. The minimum Gasteiger partial charge on any atom is -0.461 e. The van der Waals surface area contributed by atoms with Gasteiger partial charge < -0.3 is 14.2 Å². The van der Waals surface area contributed by atoms with Crippen molar-refractivity contribution < 1.29 is 23.8 Å². The Labute approximate surface area is 148 Å². The molecule has 2 unspecified atom stereocenters. The fraction of sp³-hybridized carbons (Fsp3) is 0.556. The molecule has 0 amide bonds. The van der Waals surface area contributed by atoms with Crippen molar-refractivity contribution in [1.29, 1.82) is 0 Å². The van der Waals surface area contributed by atoms with Crippen molar-refractivity contribution in [2.45, 2.75) is 38.7 Å². The van der Waals surface area contributed by atoms with Crippen LogP contribution in [0.15, 0.2) is 16.6 Å². The molecule has 0 radical (unpaired) electrons. The lowest BCUT2D eigenvalue weighted by Crippen LogP contribution is -2.39. The Morgan fingerprint density at radius 3 is 2.54 bits per heavy atom. The molecule has 4 rings (SSSR count). The van der Waals surface area contributed by atoms with Crippen LogP contribution < -0.4 is 9.47 Å². The quantitative estimate of drug-likeness (QED) is 0.732. The van der Waals surface area contributed by atoms with Crippen LogP contribution in [-0.4, -0.2) is 18.5 Å². The van der Waals surface area contributed by atoms with Crippen molar-refractivity contribution in [2.24, 2.45) is 17.8 Å². The summed E-state index contributed by atoms with van der Waals surface area (Å²) in [6.45, 7) is 0.403. The number of fused-ring (bicyclic) bond motifs is 3. The van der Waals surface area contributed by atoms with Gasteiger partial charge in [-0.25, -0.2) is 0 Å². The molecule has 2 fully saturated rings. The minimum absolute atomic E-state index is 0.0623. The molecule has 5 nitrogen and oxygen atoms in total. The van der Waals surface area contributed by atoms with E-state index in [0.29, 0.717) is 30.1 Å². The number of rotatable bonds is 3. The molecule has 1 aromatic carbocycles. The maximum Gasteiger partial charge on any atom is 0.309 e. The zero-order valence-corrected chi connectivity index (χ0v) is 14.8. The highest BCUT2D eigenvalue weighted by Crippen LogP contribution is 2.41. The summed E-state index contributed by atoms with van der Waals surface area (Å²) in [6.07, 6.45) is 4.25. The molecule has 6 heteroatoms. The molecule has 2 saturated carbocycles. The van der Waals surface area contributed by atoms with Gasteiger partial charge in [0.15, 0.2) is 11.5 Å². The SMILES string of the molecule is O=C(OCc1cc2c(cc1Br)OCO2)C1CC2CCCC(C1)C2=O. The molecule has 128 valence electrons. The van der Waals surface area contributed by atoms with Gasteiger partial charge in [0.05, 0.1) is 5.92 Å². The third-order valence-electron chi connectivity index (χ3n) is 5.29. The number of esters is 1. The Balaban J connectivity index is 1.40. The van der Waals surface area contributed by atoms with Gasteiger partial charge in [-0.3, -0.25) is 9.59 Å². The van der Waals surface area contributed by atoms with Gasteiger partial charge in [0, 0.05) is 21.9 Å². The highest BCUT2D eigenvalue weighted by Gasteiger charge is 2.41. The van der Waals surface area contributed by atoms with Crippen molar-refractivity contribution in [3.63, 3.8) is 0 Å². The zero-order chi connectivity index (χ0) is 16.7. The predicted octanol–water partition coefficient (Wildman–Crippen LogP) is 3.62. The number of hydrogen-bond acceptors (Lipinski definition) is 5. The average molecular weight is 395 g/mol. The lowest BCUT2D eigenvalue weighted by molar-refractivity contribution is -0.154. The first-order valence-corrected chi connectivity index (χ1v) is 9.19. The number of benzene rings is 1. The second-order valence-corrected chi connectivity index (χ2v) is 7.65. The van der Waals surface area contributed by atoms with Gasteiger partial charge in [-0.1, -0.05) is 22.4 Å². The van der Waals surface area contributed by atoms with Crippen molar-refractivity contribution in [3.05, 3.63) is 22.2 Å². The van der Waals surface area contributed by atoms with Crippen molar-refractivity contribution >= 4 is 27.7 Å². The summed E-state index contributed by atoms with van der Waals surface area (Å²) in [5.41, 5.74) is 0.847. The summed E-state index contributed by atoms with van der Waals surface area (Å²) in [5, 5.41) is 0. The minimum atomic E-state index is -0.191. The Hall–Kier alpha value is -1.56. The third-order valence-corrected chi connectivity index (χ3v) is 6.03. The van der Waals surface area contributed by atoms with Crippen LogP contribution in [0.2, 0.25) is 0 Å². The monoisotopic (exact) mass is 394 g/mol. The molecule has 2 atom stereocenters. The van der Waals surface area contributed by atoms with Crippen molar-refractivity contribution in [2.75, 3.05) is 6.79 Å². The summed E-state index contributed by atoms with van der Waals surface area (Å²) in [5.74, 6) is 1.51. The molecule has 1 aliphatic heterocycles. The summed E-state index contributed by atoms with van der Waals surface area (Å²) < 4.78 is 17.0. The topological polar surface area (TPSA) is 61.8 Å². The number of ether oxygens (including phenoxy) is 3. The van der Waals surface area contributed by atoms with Gasteiger partial charge in [-0.15, -0.1) is 0 Å². The first-order chi connectivity index (χ1) is 11.6. The molecule has 2 aliphatic carbocycles. The molecule has 2 bridgehead atoms. The van der Waals surface area contributed by atoms with Crippen molar-refractivity contribution in [1.82, 2.24) is 0 Å². The van der Waals surface area contributed by atoms with E-state index >= 15 is 0 Å². The normalized spacial score (nSPS) is 27.9. The van der Waals surface area contributed by atoms with E-state index < -0.39 is 0 Å². The van der Waals surface area contributed by atoms with Crippen molar-refractivity contribution in [3.8, 4) is 11.5 Å². The number of hydrogen-bond donors (Lipinski definition) is 0. The Kier molecular flexibility index (Phi) is 4.24. The maximum atomic E-state index is 12.4. The summed E-state index contributed by atoms with van der Waals surface area (Å²) in [4.78, 5) is 24.6. The van der Waals surface area contributed by atoms with Gasteiger partial charge in [0.2, 0.25) is 6.79 Å². The van der Waals surface area contributed by atoms with Crippen LogP contribution in [0.4, 0.5) is 0 Å². The standard InChI is InChI=1S/C18H19BrO5/c19-14-7-16-15(23-9-24-16)6-13(14)8-22-18(21)12-4-10-2-1-3-11(5-12)17(10)20/h6-7,10-12H,1-5,8-9H2. The van der Waals surface area contributed by atoms with E-state index in [4.69, 9.17) is 14.2 Å². The van der Waals surface area contributed by atoms with Gasteiger partial charge in [-0.05, 0) is 37.8 Å². The molecule has 24 heavy (non-hydrogen) atoms. The van der Waals surface area contributed by atoms with E-state index in [1.54, 1.807) is 0 Å². The number of carbonyl (C=O) groups is 2. The van der Waals surface area contributed by atoms with Crippen LogP contribution >= 0.6 is 15.9 Å². The van der Waals surface area contributed by atoms with Gasteiger partial charge in [0.25, 0.3) is 0 Å². The van der Waals surface area contributed by atoms with E-state index in [1.807, 2.05) is 12.1 Å². The summed E-state index contributed by atoms with van der Waals surface area (Å²) >= 11 is 3.47. The Morgan fingerprint density at radius 2 is 1.83 bits per heavy atom. The molecule has 0 N–H and O–H groups in total. The zero-order valence-electron chi connectivity index (χ0n) is 13.3. The summed E-state index contributed by atoms with van der Waals surface area (Å²) in [6, 6.07) is 3.66. The predicted molar refractivity (Wildman–Crippen MR) is 88.6 cm³/mol. The van der Waals surface area contributed by atoms with E-state index in [2.05, 4.69) is 15.9 Å². The lowest BCUT2D eigenvalue weighted by Gasteiger charge is -2.36. The second kappa shape index (κ2) is 6.39. The molecular formula is C18H19BrO5. The first-order valence-electron chi connectivity index (χ1n) is 8.40. The van der Waals surface area contributed by atoms with E-state index in [1.165, 1.54) is 0 Å². The number of Topliss-reactive ketones (excluding diaryl/α,β-unsaturated/α-hetero) is 1. The second-order valence-electron chi connectivity index (χ2n) is 6.80. The van der Waals surface area contributed by atoms with Crippen LogP contribution in [0.3, 0.4) is 0 Å². The third kappa shape index (κ3) is 2.92. The number of carbonyl (C=O) groups excluding carboxylic acids is 2. The maximum absolute atomic E-state index is 12.4. The molecule has 1 heterocycles. The highest BCUT2D eigenvalue weighted by molar-refractivity contribution is 9.10. The number of ketones is 1. The highest BCUT2D eigenvalue weighted by atomic mass is 79.9. The molecule has 0 spiro atoms. The molecule has 3 aliphatic rings. The van der Waals surface area contributed by atoms with E-state index in [0.717, 1.165) is 29.3 Å². The van der Waals surface area contributed by atoms with Crippen LogP contribution in [0.5, 0.6) is 11.5 Å². The van der Waals surface area contributed by atoms with Gasteiger partial charge in [-0.2, -0.15) is 0 Å². The Morgan fingerprint density at radius 1 is 1.17 bits per heavy atom. The molecule has 0 aromatic heterocycles. The fourth-order valence-electron chi connectivity index (χ4n) is 4.01. The van der Waals surface area contributed by atoms with E-state index in [-0.39, 0.29) is 37.1 Å². The van der Waals surface area contributed by atoms with Gasteiger partial charge >= 0.3 is 5.97 Å². The molecular weight excluding hydrogens is 376 g/mol. The van der Waals surface area contributed by atoms with Crippen LogP contribution in [0.1, 0.15) is 37.7 Å². The summed E-state index contributed by atoms with van der Waals surface area (Å²) in [7, 11) is 0. The Bertz CT molecular complexity index is 670. The van der Waals surface area contributed by atoms with Crippen LogP contribution in [0, 0.1) is 17.8 Å². The number of halogens is 1.